The van der Waals surface area contributed by atoms with E-state index in [1.807, 2.05) is 6.92 Å². The van der Waals surface area contributed by atoms with Crippen LogP contribution in [-0.2, 0) is 6.54 Å². The van der Waals surface area contributed by atoms with Gasteiger partial charge in [0.2, 0.25) is 0 Å². The lowest BCUT2D eigenvalue weighted by Gasteiger charge is -2.22. The van der Waals surface area contributed by atoms with Crippen LogP contribution in [0.25, 0.3) is 10.8 Å². The largest absolute Gasteiger partial charge is 0.494 e. The molecule has 0 aromatic heterocycles. The summed E-state index contributed by atoms with van der Waals surface area (Å²) in [6.45, 7) is 10.1. The lowest BCUT2D eigenvalue weighted by molar-refractivity contribution is 0.333. The highest BCUT2D eigenvalue weighted by Crippen LogP contribution is 2.28. The molecule has 1 N–H and O–H groups in total. The molecule has 0 radical (unpaired) electrons. The van der Waals surface area contributed by atoms with Crippen molar-refractivity contribution < 1.29 is 4.74 Å². The van der Waals surface area contributed by atoms with Crippen LogP contribution in [0.3, 0.4) is 0 Å². The van der Waals surface area contributed by atoms with E-state index in [-0.39, 0.29) is 5.54 Å². The molecule has 0 spiro atoms. The first-order valence-electron chi connectivity index (χ1n) is 6.90. The van der Waals surface area contributed by atoms with Crippen LogP contribution in [0.4, 0.5) is 0 Å². The van der Waals surface area contributed by atoms with Crippen LogP contribution in [0.15, 0.2) is 36.4 Å². The molecular weight excluding hydrogens is 234 g/mol. The van der Waals surface area contributed by atoms with E-state index < -0.39 is 0 Å². The number of rotatable bonds is 4. The maximum absolute atomic E-state index is 5.77. The fraction of sp³-hybridized carbons (Fsp3) is 0.412. The van der Waals surface area contributed by atoms with Crippen LogP contribution in [0.1, 0.15) is 33.3 Å². The molecule has 2 aromatic carbocycles. The van der Waals surface area contributed by atoms with Gasteiger partial charge in [-0.1, -0.05) is 30.3 Å². The molecule has 2 heteroatoms. The van der Waals surface area contributed by atoms with Crippen molar-refractivity contribution in [1.29, 1.82) is 0 Å². The predicted octanol–water partition coefficient (Wildman–Crippen LogP) is 4.13. The molecule has 0 saturated carbocycles. The van der Waals surface area contributed by atoms with E-state index in [1.165, 1.54) is 16.3 Å². The lowest BCUT2D eigenvalue weighted by atomic mass is 10.0. The summed E-state index contributed by atoms with van der Waals surface area (Å²) in [5, 5.41) is 6.08. The molecule has 2 nitrogen and oxygen atoms in total. The van der Waals surface area contributed by atoms with Crippen molar-refractivity contribution in [1.82, 2.24) is 5.32 Å². The highest BCUT2D eigenvalue weighted by Gasteiger charge is 2.13. The summed E-state index contributed by atoms with van der Waals surface area (Å²) in [4.78, 5) is 0. The first kappa shape index (κ1) is 13.9. The zero-order valence-electron chi connectivity index (χ0n) is 12.3. The molecule has 0 heterocycles. The molecule has 0 aliphatic carbocycles. The molecule has 0 bridgehead atoms. The zero-order chi connectivity index (χ0) is 13.9. The molecular formula is C17H23NO. The summed E-state index contributed by atoms with van der Waals surface area (Å²) in [5.74, 6) is 0.984. The van der Waals surface area contributed by atoms with Crippen molar-refractivity contribution in [3.8, 4) is 5.75 Å². The van der Waals surface area contributed by atoms with Gasteiger partial charge in [-0.15, -0.1) is 0 Å². The third-order valence-electron chi connectivity index (χ3n) is 3.09. The molecule has 0 aliphatic rings. The molecule has 0 amide bonds. The van der Waals surface area contributed by atoms with Gasteiger partial charge in [0.25, 0.3) is 0 Å². The van der Waals surface area contributed by atoms with Crippen molar-refractivity contribution >= 4 is 10.8 Å². The van der Waals surface area contributed by atoms with Gasteiger partial charge in [0.1, 0.15) is 5.75 Å². The van der Waals surface area contributed by atoms with Gasteiger partial charge in [0.05, 0.1) is 6.61 Å². The minimum Gasteiger partial charge on any atom is -0.494 e. The Hall–Kier alpha value is -1.54. The van der Waals surface area contributed by atoms with Crippen LogP contribution in [0.2, 0.25) is 0 Å². The van der Waals surface area contributed by atoms with Gasteiger partial charge in [0, 0.05) is 17.6 Å². The van der Waals surface area contributed by atoms with E-state index in [9.17, 15) is 0 Å². The molecule has 2 aromatic rings. The molecule has 19 heavy (non-hydrogen) atoms. The molecule has 0 aliphatic heterocycles. The molecule has 0 fully saturated rings. The topological polar surface area (TPSA) is 21.3 Å². The van der Waals surface area contributed by atoms with Gasteiger partial charge in [-0.25, -0.2) is 0 Å². The normalized spacial score (nSPS) is 11.8. The van der Waals surface area contributed by atoms with Crippen molar-refractivity contribution in [2.75, 3.05) is 6.61 Å². The molecule has 0 saturated heterocycles. The fourth-order valence-electron chi connectivity index (χ4n) is 2.14. The Morgan fingerprint density at radius 2 is 1.79 bits per heavy atom. The number of hydrogen-bond acceptors (Lipinski definition) is 2. The minimum atomic E-state index is 0.0976. The monoisotopic (exact) mass is 257 g/mol. The second kappa shape index (κ2) is 5.62. The molecule has 2 rings (SSSR count). The first-order valence-corrected chi connectivity index (χ1v) is 6.90. The van der Waals surface area contributed by atoms with E-state index in [4.69, 9.17) is 4.74 Å². The Labute approximate surface area is 115 Å². The Morgan fingerprint density at radius 1 is 1.05 bits per heavy atom. The molecule has 102 valence electrons. The first-order chi connectivity index (χ1) is 9.01. The highest BCUT2D eigenvalue weighted by atomic mass is 16.5. The van der Waals surface area contributed by atoms with E-state index in [1.54, 1.807) is 0 Å². The SMILES string of the molecule is CCOc1ccc2ccccc2c1CNC(C)(C)C. The number of ether oxygens (including phenoxy) is 1. The van der Waals surface area contributed by atoms with Gasteiger partial charge in [-0.2, -0.15) is 0 Å². The molecule has 0 unspecified atom stereocenters. The summed E-state index contributed by atoms with van der Waals surface area (Å²) >= 11 is 0. The van der Waals surface area contributed by atoms with Crippen LogP contribution in [0.5, 0.6) is 5.75 Å². The quantitative estimate of drug-likeness (QED) is 0.889. The van der Waals surface area contributed by atoms with E-state index >= 15 is 0 Å². The van der Waals surface area contributed by atoms with Gasteiger partial charge in [0.15, 0.2) is 0 Å². The number of fused-ring (bicyclic) bond motifs is 1. The third kappa shape index (κ3) is 3.48. The second-order valence-electron chi connectivity index (χ2n) is 5.80. The lowest BCUT2D eigenvalue weighted by Crippen LogP contribution is -2.35. The summed E-state index contributed by atoms with van der Waals surface area (Å²) < 4.78 is 5.77. The van der Waals surface area contributed by atoms with Crippen LogP contribution in [-0.4, -0.2) is 12.1 Å². The fourth-order valence-corrected chi connectivity index (χ4v) is 2.14. The standard InChI is InChI=1S/C17H23NO/c1-5-19-16-11-10-13-8-6-7-9-14(13)15(16)12-18-17(2,3)4/h6-11,18H,5,12H2,1-4H3. The number of benzene rings is 2. The average Bonchev–Trinajstić information content (AvgIpc) is 2.36. The van der Waals surface area contributed by atoms with Crippen molar-refractivity contribution in [2.45, 2.75) is 39.8 Å². The van der Waals surface area contributed by atoms with Crippen molar-refractivity contribution in [2.24, 2.45) is 0 Å². The maximum Gasteiger partial charge on any atom is 0.124 e. The highest BCUT2D eigenvalue weighted by molar-refractivity contribution is 5.87. The number of nitrogens with one attached hydrogen (secondary N) is 1. The van der Waals surface area contributed by atoms with E-state index in [2.05, 4.69) is 62.5 Å². The van der Waals surface area contributed by atoms with Crippen molar-refractivity contribution in [3.63, 3.8) is 0 Å². The Balaban J connectivity index is 2.43. The van der Waals surface area contributed by atoms with Gasteiger partial charge in [-0.3, -0.25) is 0 Å². The van der Waals surface area contributed by atoms with Gasteiger partial charge >= 0.3 is 0 Å². The van der Waals surface area contributed by atoms with Crippen LogP contribution in [0, 0.1) is 0 Å². The summed E-state index contributed by atoms with van der Waals surface area (Å²) in [5.41, 5.74) is 1.34. The molecule has 0 atom stereocenters. The summed E-state index contributed by atoms with van der Waals surface area (Å²) in [7, 11) is 0. The Bertz CT molecular complexity index is 555. The predicted molar refractivity (Wildman–Crippen MR) is 81.7 cm³/mol. The van der Waals surface area contributed by atoms with Gasteiger partial charge < -0.3 is 10.1 Å². The van der Waals surface area contributed by atoms with Gasteiger partial charge in [-0.05, 0) is 44.5 Å². The van der Waals surface area contributed by atoms with Crippen LogP contribution < -0.4 is 10.1 Å². The smallest absolute Gasteiger partial charge is 0.124 e. The van der Waals surface area contributed by atoms with Crippen molar-refractivity contribution in [3.05, 3.63) is 42.0 Å². The van der Waals surface area contributed by atoms with E-state index in [0.29, 0.717) is 6.61 Å². The van der Waals surface area contributed by atoms with E-state index in [0.717, 1.165) is 12.3 Å². The summed E-state index contributed by atoms with van der Waals surface area (Å²) in [6, 6.07) is 12.7. The summed E-state index contributed by atoms with van der Waals surface area (Å²) in [6.07, 6.45) is 0. The average molecular weight is 257 g/mol. The zero-order valence-corrected chi connectivity index (χ0v) is 12.3. The minimum absolute atomic E-state index is 0.0976. The Morgan fingerprint density at radius 3 is 2.47 bits per heavy atom. The maximum atomic E-state index is 5.77. The van der Waals surface area contributed by atoms with Crippen LogP contribution >= 0.6 is 0 Å². The number of hydrogen-bond donors (Lipinski definition) is 1. The third-order valence-corrected chi connectivity index (χ3v) is 3.09. The Kier molecular flexibility index (Phi) is 4.11. The second-order valence-corrected chi connectivity index (χ2v) is 5.80.